The Morgan fingerprint density at radius 2 is 1.95 bits per heavy atom. The van der Waals surface area contributed by atoms with E-state index in [1.807, 2.05) is 0 Å². The van der Waals surface area contributed by atoms with Gasteiger partial charge in [0.05, 0.1) is 13.4 Å². The molecule has 0 saturated heterocycles. The predicted octanol–water partition coefficient (Wildman–Crippen LogP) is 1.47. The summed E-state index contributed by atoms with van der Waals surface area (Å²) in [4.78, 5) is 11.7. The minimum Gasteiger partial charge on any atom is -0.448 e. The fourth-order valence-electron chi connectivity index (χ4n) is 1.54. The Hall–Kier alpha value is -1.62. The predicted molar refractivity (Wildman–Crippen MR) is 67.5 cm³/mol. The molecule has 0 spiro atoms. The van der Waals surface area contributed by atoms with Crippen LogP contribution in [0.15, 0.2) is 18.2 Å². The Kier molecular flexibility index (Phi) is 5.57. The number of rotatable bonds is 5. The van der Waals surface area contributed by atoms with Crippen LogP contribution in [0.4, 0.5) is 17.6 Å². The summed E-state index contributed by atoms with van der Waals surface area (Å²) in [5.74, 6) is -4.79. The van der Waals surface area contributed by atoms with E-state index in [1.165, 1.54) is 12.1 Å². The maximum absolute atomic E-state index is 13.6. The van der Waals surface area contributed by atoms with Gasteiger partial charge in [-0.1, -0.05) is 18.5 Å². The number of halogens is 4. The Morgan fingerprint density at radius 3 is 2.41 bits per heavy atom. The Labute approximate surface area is 124 Å². The molecule has 1 unspecified atom stereocenters. The van der Waals surface area contributed by atoms with Crippen molar-refractivity contribution in [1.29, 1.82) is 0 Å². The molecule has 5 nitrogen and oxygen atoms in total. The second-order valence-electron chi connectivity index (χ2n) is 4.16. The van der Waals surface area contributed by atoms with Crippen LogP contribution >= 0.6 is 0 Å². The third-order valence-corrected chi connectivity index (χ3v) is 3.22. The molecule has 1 rings (SSSR count). The smallest absolute Gasteiger partial charge is 0.426 e. The van der Waals surface area contributed by atoms with Crippen molar-refractivity contribution in [2.45, 2.75) is 18.6 Å². The van der Waals surface area contributed by atoms with Crippen molar-refractivity contribution in [3.63, 3.8) is 0 Å². The molecule has 11 heteroatoms. The number of carbonyl (C=O) groups excluding carboxylic acids is 1. The van der Waals surface area contributed by atoms with Gasteiger partial charge in [0.15, 0.2) is 0 Å². The molecule has 22 heavy (non-hydrogen) atoms. The number of ether oxygens (including phenoxy) is 1. The van der Waals surface area contributed by atoms with Gasteiger partial charge in [-0.3, -0.25) is 4.55 Å². The highest BCUT2D eigenvalue weighted by molar-refractivity contribution is 7.85. The molecule has 0 aromatic heterocycles. The average molecular weight is 340 g/mol. The third kappa shape index (κ3) is 4.99. The number of hydrogen-bond donors (Lipinski definition) is 1. The van der Waals surface area contributed by atoms with E-state index in [0.29, 0.717) is 0 Å². The fraction of sp³-hybridized carbons (Fsp3) is 0.364. The van der Waals surface area contributed by atoms with E-state index >= 15 is 0 Å². The first-order valence-corrected chi connectivity index (χ1v) is 7.27. The van der Waals surface area contributed by atoms with Gasteiger partial charge < -0.3 is 4.74 Å². The minimum absolute atomic E-state index is 0.113. The monoisotopic (exact) mass is 340 g/mol. The van der Waals surface area contributed by atoms with Crippen molar-refractivity contribution < 1.29 is 40.1 Å². The first kappa shape index (κ1) is 18.4. The maximum Gasteiger partial charge on any atom is 0.426 e. The van der Waals surface area contributed by atoms with Gasteiger partial charge in [-0.25, -0.2) is 9.18 Å². The van der Waals surface area contributed by atoms with E-state index in [1.54, 1.807) is 0 Å². The number of benzene rings is 1. The molecule has 0 aliphatic carbocycles. The zero-order valence-electron chi connectivity index (χ0n) is 10.8. The van der Waals surface area contributed by atoms with Crippen molar-refractivity contribution >= 4 is 23.9 Å². The van der Waals surface area contributed by atoms with Crippen molar-refractivity contribution in [1.82, 2.24) is 0 Å². The molecule has 2 radical (unpaired) electrons. The van der Waals surface area contributed by atoms with Gasteiger partial charge in [0.1, 0.15) is 11.6 Å². The second-order valence-corrected chi connectivity index (χ2v) is 5.66. The molecule has 0 fully saturated rings. The molecule has 0 bridgehead atoms. The molecule has 1 aromatic carbocycles. The highest BCUT2D eigenvalue weighted by Crippen LogP contribution is 2.26. The summed E-state index contributed by atoms with van der Waals surface area (Å²) in [6, 6.07) is 3.19. The zero-order valence-corrected chi connectivity index (χ0v) is 11.6. The third-order valence-electron chi connectivity index (χ3n) is 2.50. The number of alkyl halides is 3. The van der Waals surface area contributed by atoms with Crippen LogP contribution < -0.4 is 0 Å². The Morgan fingerprint density at radius 1 is 1.36 bits per heavy atom. The van der Waals surface area contributed by atoms with E-state index < -0.39 is 45.5 Å². The summed E-state index contributed by atoms with van der Waals surface area (Å²) in [5, 5.41) is 0. The molecular weight excluding hydrogens is 331 g/mol. The van der Waals surface area contributed by atoms with Gasteiger partial charge in [-0.05, 0) is 11.6 Å². The number of hydrogen-bond acceptors (Lipinski definition) is 4. The van der Waals surface area contributed by atoms with Gasteiger partial charge in [-0.15, -0.1) is 0 Å². The minimum atomic E-state index is -5.26. The van der Waals surface area contributed by atoms with Crippen LogP contribution in [-0.4, -0.2) is 44.8 Å². The van der Waals surface area contributed by atoms with Crippen LogP contribution in [0.5, 0.6) is 0 Å². The molecule has 0 amide bonds. The first-order chi connectivity index (χ1) is 9.95. The van der Waals surface area contributed by atoms with E-state index in [9.17, 15) is 30.8 Å². The van der Waals surface area contributed by atoms with Crippen LogP contribution in [-0.2, 0) is 21.2 Å². The second kappa shape index (κ2) is 6.65. The summed E-state index contributed by atoms with van der Waals surface area (Å²) < 4.78 is 85.1. The Balaban J connectivity index is 3.12. The number of carbonyl (C=O) groups is 1. The fourth-order valence-corrected chi connectivity index (χ4v) is 2.18. The quantitative estimate of drug-likeness (QED) is 0.380. The lowest BCUT2D eigenvalue weighted by Crippen LogP contribution is -2.39. The lowest BCUT2D eigenvalue weighted by atomic mass is 9.93. The lowest BCUT2D eigenvalue weighted by Gasteiger charge is -2.20. The van der Waals surface area contributed by atoms with Gasteiger partial charge in [-0.2, -0.15) is 21.6 Å². The van der Waals surface area contributed by atoms with Gasteiger partial charge in [0.25, 0.3) is 10.1 Å². The molecule has 0 aliphatic rings. The van der Waals surface area contributed by atoms with E-state index in [2.05, 4.69) is 4.74 Å². The molecule has 120 valence electrons. The van der Waals surface area contributed by atoms with Gasteiger partial charge in [0.2, 0.25) is 6.10 Å². The molecule has 1 aromatic rings. The van der Waals surface area contributed by atoms with E-state index in [0.717, 1.165) is 6.07 Å². The molecule has 0 aliphatic heterocycles. The van der Waals surface area contributed by atoms with Gasteiger partial charge >= 0.3 is 12.1 Å². The lowest BCUT2D eigenvalue weighted by molar-refractivity contribution is -0.197. The van der Waals surface area contributed by atoms with Crippen LogP contribution in [0, 0.1) is 5.82 Å². The molecule has 1 N–H and O–H groups in total. The van der Waals surface area contributed by atoms with Crippen LogP contribution in [0.1, 0.15) is 15.9 Å². The molecule has 0 saturated carbocycles. The highest BCUT2D eigenvalue weighted by Gasteiger charge is 2.45. The standard InChI is InChI=1S/C11H9BF4O5S/c12-4-6-2-1-3-7(13)9(6)10(17)21-8(11(14,15)16)5-22(18,19)20/h1-3,8H,4-5H2,(H,18,19,20). The van der Waals surface area contributed by atoms with Crippen LogP contribution in [0.3, 0.4) is 0 Å². The normalized spacial score (nSPS) is 13.7. The zero-order chi connectivity index (χ0) is 17.1. The largest absolute Gasteiger partial charge is 0.448 e. The summed E-state index contributed by atoms with van der Waals surface area (Å²) in [6.07, 6.45) is -8.75. The average Bonchev–Trinajstić information content (AvgIpc) is 2.34. The van der Waals surface area contributed by atoms with Crippen LogP contribution in [0.2, 0.25) is 0 Å². The molecular formula is C11H9BF4O5S. The maximum atomic E-state index is 13.6. The topological polar surface area (TPSA) is 80.7 Å². The van der Waals surface area contributed by atoms with Crippen molar-refractivity contribution in [3.05, 3.63) is 35.1 Å². The van der Waals surface area contributed by atoms with E-state index in [-0.39, 0.29) is 11.9 Å². The number of esters is 1. The first-order valence-electron chi connectivity index (χ1n) is 5.66. The highest BCUT2D eigenvalue weighted by atomic mass is 32.2. The Bertz CT molecular complexity index is 659. The summed E-state index contributed by atoms with van der Waals surface area (Å²) >= 11 is 0. The molecule has 1 atom stereocenters. The van der Waals surface area contributed by atoms with Crippen LogP contribution in [0.25, 0.3) is 0 Å². The summed E-state index contributed by atoms with van der Waals surface area (Å²) in [7, 11) is 0.167. The summed E-state index contributed by atoms with van der Waals surface area (Å²) in [6.45, 7) is 0. The van der Waals surface area contributed by atoms with Crippen molar-refractivity contribution in [2.24, 2.45) is 0 Å². The van der Waals surface area contributed by atoms with Crippen molar-refractivity contribution in [2.75, 3.05) is 5.75 Å². The molecule has 0 heterocycles. The van der Waals surface area contributed by atoms with E-state index in [4.69, 9.17) is 12.4 Å². The van der Waals surface area contributed by atoms with Gasteiger partial charge in [0, 0.05) is 0 Å². The van der Waals surface area contributed by atoms with Crippen molar-refractivity contribution in [3.8, 4) is 0 Å². The summed E-state index contributed by atoms with van der Waals surface area (Å²) in [5.41, 5.74) is -0.938. The SMILES string of the molecule is [B]Cc1cccc(F)c1C(=O)OC(CS(=O)(=O)O)C(F)(F)F.